The van der Waals surface area contributed by atoms with Crippen LogP contribution in [0.1, 0.15) is 24.3 Å². The van der Waals surface area contributed by atoms with E-state index in [0.717, 1.165) is 0 Å². The number of carbonyl (C=O) groups is 1. The first kappa shape index (κ1) is 20.4. The summed E-state index contributed by atoms with van der Waals surface area (Å²) in [6.07, 6.45) is 5.98. The van der Waals surface area contributed by atoms with Gasteiger partial charge in [-0.1, -0.05) is 11.2 Å². The summed E-state index contributed by atoms with van der Waals surface area (Å²) in [7, 11) is 0. The van der Waals surface area contributed by atoms with Crippen molar-refractivity contribution in [2.45, 2.75) is 25.8 Å². The van der Waals surface area contributed by atoms with Crippen LogP contribution >= 0.6 is 0 Å². The molecule has 0 aliphatic heterocycles. The molecule has 0 aliphatic carbocycles. The highest BCUT2D eigenvalue weighted by Gasteiger charge is 2.10. The van der Waals surface area contributed by atoms with Gasteiger partial charge in [0, 0.05) is 37.3 Å². The zero-order valence-corrected chi connectivity index (χ0v) is 16.5. The van der Waals surface area contributed by atoms with Gasteiger partial charge in [-0.05, 0) is 48.4 Å². The molecule has 1 amide bonds. The number of benzene rings is 2. The van der Waals surface area contributed by atoms with E-state index in [1.165, 1.54) is 24.5 Å². The van der Waals surface area contributed by atoms with Gasteiger partial charge >= 0.3 is 0 Å². The van der Waals surface area contributed by atoms with E-state index in [1.807, 2.05) is 0 Å². The Morgan fingerprint density at radius 3 is 2.71 bits per heavy atom. The maximum atomic E-state index is 14.3. The predicted octanol–water partition coefficient (Wildman–Crippen LogP) is 3.84. The van der Waals surface area contributed by atoms with Crippen molar-refractivity contribution in [3.8, 4) is 17.1 Å². The van der Waals surface area contributed by atoms with Gasteiger partial charge < -0.3 is 14.4 Å². The van der Waals surface area contributed by atoms with Gasteiger partial charge in [0.15, 0.2) is 0 Å². The van der Waals surface area contributed by atoms with Crippen LogP contribution < -0.4 is 5.32 Å². The van der Waals surface area contributed by atoms with Crippen LogP contribution in [0.5, 0.6) is 0 Å². The highest BCUT2D eigenvalue weighted by molar-refractivity contribution is 5.75. The van der Waals surface area contributed by atoms with Crippen molar-refractivity contribution in [3.63, 3.8) is 0 Å². The van der Waals surface area contributed by atoms with Gasteiger partial charge in [-0.2, -0.15) is 4.98 Å². The smallest absolute Gasteiger partial charge is 0.226 e. The number of halogens is 2. The number of amides is 1. The molecule has 2 aromatic heterocycles. The maximum Gasteiger partial charge on any atom is 0.226 e. The van der Waals surface area contributed by atoms with Crippen molar-refractivity contribution in [1.82, 2.24) is 25.0 Å². The highest BCUT2D eigenvalue weighted by atomic mass is 19.1. The molecule has 7 nitrogen and oxygen atoms in total. The van der Waals surface area contributed by atoms with E-state index in [-0.39, 0.29) is 24.7 Å². The summed E-state index contributed by atoms with van der Waals surface area (Å²) in [5, 5.41) is 6.65. The van der Waals surface area contributed by atoms with E-state index in [4.69, 9.17) is 4.52 Å². The van der Waals surface area contributed by atoms with Crippen molar-refractivity contribution in [3.05, 3.63) is 84.3 Å². The molecule has 9 heteroatoms. The third kappa shape index (κ3) is 5.19. The fraction of sp³-hybridized carbons (Fsp3) is 0.182. The number of nitrogens with one attached hydrogen (secondary N) is 1. The lowest BCUT2D eigenvalue weighted by Crippen LogP contribution is -2.22. The average Bonchev–Trinajstić information content (AvgIpc) is 3.45. The molecule has 0 aliphatic rings. The number of aryl methyl sites for hydroxylation is 1. The second kappa shape index (κ2) is 9.29. The number of imidazole rings is 1. The van der Waals surface area contributed by atoms with Crippen LogP contribution in [-0.4, -0.2) is 25.6 Å². The van der Waals surface area contributed by atoms with Crippen molar-refractivity contribution in [1.29, 1.82) is 0 Å². The Kier molecular flexibility index (Phi) is 6.11. The second-order valence-corrected chi connectivity index (χ2v) is 6.90. The minimum Gasteiger partial charge on any atom is -0.352 e. The van der Waals surface area contributed by atoms with Gasteiger partial charge in [-0.3, -0.25) is 4.79 Å². The average molecular weight is 423 g/mol. The largest absolute Gasteiger partial charge is 0.352 e. The quantitative estimate of drug-likeness (QED) is 0.465. The Bertz CT molecular complexity index is 1160. The second-order valence-electron chi connectivity index (χ2n) is 6.90. The molecule has 0 bridgehead atoms. The maximum absolute atomic E-state index is 14.3. The monoisotopic (exact) mass is 423 g/mol. The molecular formula is C22H19F2N5O2. The number of rotatable bonds is 8. The fourth-order valence-corrected chi connectivity index (χ4v) is 3.03. The first-order valence-electron chi connectivity index (χ1n) is 9.70. The Balaban J connectivity index is 1.23. The summed E-state index contributed by atoms with van der Waals surface area (Å²) in [5.41, 5.74) is 1.71. The lowest BCUT2D eigenvalue weighted by molar-refractivity contribution is -0.121. The Hall–Kier alpha value is -3.88. The molecule has 0 spiro atoms. The molecular weight excluding hydrogens is 404 g/mol. The predicted molar refractivity (Wildman–Crippen MR) is 108 cm³/mol. The standard InChI is InChI=1S/C22H19F2N5O2/c23-17-7-5-16(6-8-17)22-27-21(31-28-22)3-1-2-20(30)26-13-15-4-9-19(18(24)12-15)29-11-10-25-14-29/h4-12,14H,1-3,13H2,(H,26,30). The Morgan fingerprint density at radius 1 is 1.13 bits per heavy atom. The highest BCUT2D eigenvalue weighted by Crippen LogP contribution is 2.17. The third-order valence-electron chi connectivity index (χ3n) is 4.65. The van der Waals surface area contributed by atoms with Gasteiger partial charge in [0.1, 0.15) is 11.6 Å². The van der Waals surface area contributed by atoms with Gasteiger partial charge in [-0.25, -0.2) is 13.8 Å². The van der Waals surface area contributed by atoms with Crippen LogP contribution in [0.4, 0.5) is 8.78 Å². The molecule has 2 aromatic carbocycles. The van der Waals surface area contributed by atoms with Crippen LogP contribution in [0.15, 0.2) is 65.7 Å². The molecule has 0 radical (unpaired) electrons. The molecule has 4 rings (SSSR count). The van der Waals surface area contributed by atoms with Gasteiger partial charge in [0.05, 0.1) is 12.0 Å². The van der Waals surface area contributed by atoms with E-state index in [9.17, 15) is 13.6 Å². The number of hydrogen-bond donors (Lipinski definition) is 1. The van der Waals surface area contributed by atoms with Crippen molar-refractivity contribution >= 4 is 5.91 Å². The van der Waals surface area contributed by atoms with Crippen LogP contribution in [0, 0.1) is 11.6 Å². The number of nitrogens with zero attached hydrogens (tertiary/aromatic N) is 4. The van der Waals surface area contributed by atoms with Gasteiger partial charge in [-0.15, -0.1) is 0 Å². The Labute approximate surface area is 176 Å². The Morgan fingerprint density at radius 2 is 1.97 bits per heavy atom. The molecule has 0 unspecified atom stereocenters. The van der Waals surface area contributed by atoms with Gasteiger partial charge in [0.25, 0.3) is 0 Å². The van der Waals surface area contributed by atoms with Crippen LogP contribution in [-0.2, 0) is 17.8 Å². The molecule has 0 saturated carbocycles. The van der Waals surface area contributed by atoms with E-state index >= 15 is 0 Å². The minimum absolute atomic E-state index is 0.155. The van der Waals surface area contributed by atoms with E-state index < -0.39 is 5.82 Å². The molecule has 0 atom stereocenters. The van der Waals surface area contributed by atoms with Crippen LogP contribution in [0.25, 0.3) is 17.1 Å². The molecule has 0 fully saturated rings. The minimum atomic E-state index is -0.391. The zero-order chi connectivity index (χ0) is 21.6. The molecule has 1 N–H and O–H groups in total. The fourth-order valence-electron chi connectivity index (χ4n) is 3.03. The number of aromatic nitrogens is 4. The van der Waals surface area contributed by atoms with Crippen LogP contribution in [0.2, 0.25) is 0 Å². The normalized spacial score (nSPS) is 10.9. The first-order chi connectivity index (χ1) is 15.1. The number of carbonyl (C=O) groups excluding carboxylic acids is 1. The van der Waals surface area contributed by atoms with Crippen molar-refractivity contribution in [2.24, 2.45) is 0 Å². The van der Waals surface area contributed by atoms with Crippen LogP contribution in [0.3, 0.4) is 0 Å². The van der Waals surface area contributed by atoms with E-state index in [1.54, 1.807) is 41.2 Å². The number of hydrogen-bond acceptors (Lipinski definition) is 5. The summed E-state index contributed by atoms with van der Waals surface area (Å²) in [6, 6.07) is 10.6. The summed E-state index contributed by atoms with van der Waals surface area (Å²) in [4.78, 5) is 20.2. The topological polar surface area (TPSA) is 85.8 Å². The molecule has 4 aromatic rings. The summed E-state index contributed by atoms with van der Waals surface area (Å²) < 4.78 is 34.0. The summed E-state index contributed by atoms with van der Waals surface area (Å²) >= 11 is 0. The third-order valence-corrected chi connectivity index (χ3v) is 4.65. The first-order valence-corrected chi connectivity index (χ1v) is 9.70. The molecule has 158 valence electrons. The summed E-state index contributed by atoms with van der Waals surface area (Å²) in [6.45, 7) is 0.231. The lowest BCUT2D eigenvalue weighted by Gasteiger charge is -2.08. The van der Waals surface area contributed by atoms with E-state index in [2.05, 4.69) is 20.4 Å². The molecule has 31 heavy (non-hydrogen) atoms. The lowest BCUT2D eigenvalue weighted by atomic mass is 10.2. The van der Waals surface area contributed by atoms with E-state index in [0.29, 0.717) is 41.4 Å². The SMILES string of the molecule is O=C(CCCc1nc(-c2ccc(F)cc2)no1)NCc1ccc(-n2ccnc2)c(F)c1. The zero-order valence-electron chi connectivity index (χ0n) is 16.5. The summed E-state index contributed by atoms with van der Waals surface area (Å²) in [5.74, 6) is -0.101. The molecule has 0 saturated heterocycles. The van der Waals surface area contributed by atoms with Crippen molar-refractivity contribution < 1.29 is 18.1 Å². The van der Waals surface area contributed by atoms with Gasteiger partial charge in [0.2, 0.25) is 17.6 Å². The molecule has 2 heterocycles. The van der Waals surface area contributed by atoms with Crippen molar-refractivity contribution in [2.75, 3.05) is 0 Å².